The molecule has 0 aromatic heterocycles. The number of halogens is 1. The molecule has 0 atom stereocenters. The van der Waals surface area contributed by atoms with Crippen molar-refractivity contribution in [3.63, 3.8) is 0 Å². The molecule has 0 aliphatic carbocycles. The van der Waals surface area contributed by atoms with Crippen molar-refractivity contribution >= 4 is 33.6 Å². The van der Waals surface area contributed by atoms with Gasteiger partial charge < -0.3 is 14.8 Å². The van der Waals surface area contributed by atoms with Crippen molar-refractivity contribution < 1.29 is 14.3 Å². The van der Waals surface area contributed by atoms with Crippen LogP contribution in [0.3, 0.4) is 0 Å². The van der Waals surface area contributed by atoms with Crippen molar-refractivity contribution in [1.82, 2.24) is 0 Å². The smallest absolute Gasteiger partial charge is 0.266 e. The first-order valence-electron chi connectivity index (χ1n) is 9.72. The predicted octanol–water partition coefficient (Wildman–Crippen LogP) is 5.97. The first-order valence-corrected chi connectivity index (χ1v) is 10.5. The number of hydrogen-bond donors (Lipinski definition) is 1. The number of carbonyl (C=O) groups excluding carboxylic acids is 1. The van der Waals surface area contributed by atoms with Crippen LogP contribution in [-0.4, -0.2) is 12.5 Å². The van der Waals surface area contributed by atoms with Gasteiger partial charge in [-0.1, -0.05) is 52.3 Å². The minimum atomic E-state index is -0.493. The fourth-order valence-corrected chi connectivity index (χ4v) is 3.21. The highest BCUT2D eigenvalue weighted by molar-refractivity contribution is 9.10. The molecule has 0 unspecified atom stereocenters. The lowest BCUT2D eigenvalue weighted by Gasteiger charge is -2.11. The lowest BCUT2D eigenvalue weighted by molar-refractivity contribution is -0.112. The molecule has 0 bridgehead atoms. The lowest BCUT2D eigenvalue weighted by atomic mass is 10.1. The van der Waals surface area contributed by atoms with Gasteiger partial charge >= 0.3 is 0 Å². The monoisotopic (exact) mass is 476 g/mol. The molecule has 6 heteroatoms. The Labute approximate surface area is 190 Å². The molecule has 0 aliphatic heterocycles. The molecule has 0 heterocycles. The number of nitrogens with zero attached hydrogens (tertiary/aromatic N) is 1. The Kier molecular flexibility index (Phi) is 7.85. The first kappa shape index (κ1) is 22.1. The Bertz CT molecular complexity index is 1120. The topological polar surface area (TPSA) is 71.3 Å². The highest BCUT2D eigenvalue weighted by Gasteiger charge is 2.12. The predicted molar refractivity (Wildman–Crippen MR) is 125 cm³/mol. The van der Waals surface area contributed by atoms with Crippen LogP contribution < -0.4 is 14.8 Å². The minimum absolute atomic E-state index is 0.0224. The Morgan fingerprint density at radius 1 is 1.03 bits per heavy atom. The van der Waals surface area contributed by atoms with Crippen LogP contribution >= 0.6 is 15.9 Å². The quantitative estimate of drug-likeness (QED) is 0.321. The molecule has 156 valence electrons. The summed E-state index contributed by atoms with van der Waals surface area (Å²) in [6.45, 7) is 2.82. The maximum absolute atomic E-state index is 12.6. The van der Waals surface area contributed by atoms with E-state index in [0.29, 0.717) is 36.0 Å². The second-order valence-corrected chi connectivity index (χ2v) is 7.35. The summed E-state index contributed by atoms with van der Waals surface area (Å²) < 4.78 is 12.3. The molecule has 5 nitrogen and oxygen atoms in total. The van der Waals surface area contributed by atoms with E-state index in [0.717, 1.165) is 10.0 Å². The fourth-order valence-electron chi connectivity index (χ4n) is 2.81. The van der Waals surface area contributed by atoms with E-state index in [1.54, 1.807) is 30.3 Å². The molecule has 0 spiro atoms. The number of nitrogens with one attached hydrogen (secondary N) is 1. The van der Waals surface area contributed by atoms with Gasteiger partial charge in [0.05, 0.1) is 6.61 Å². The Hall–Kier alpha value is -3.56. The highest BCUT2D eigenvalue weighted by atomic mass is 79.9. The molecular formula is C25H21BrN2O3. The normalized spacial score (nSPS) is 10.8. The summed E-state index contributed by atoms with van der Waals surface area (Å²) in [4.78, 5) is 12.6. The molecule has 0 saturated carbocycles. The van der Waals surface area contributed by atoms with Crippen LogP contribution in [-0.2, 0) is 11.4 Å². The van der Waals surface area contributed by atoms with Gasteiger partial charge in [-0.2, -0.15) is 5.26 Å². The van der Waals surface area contributed by atoms with E-state index < -0.39 is 5.91 Å². The molecule has 1 N–H and O–H groups in total. The summed E-state index contributed by atoms with van der Waals surface area (Å²) in [6.07, 6.45) is 1.53. The first-order chi connectivity index (χ1) is 15.1. The number of anilines is 1. The average molecular weight is 477 g/mol. The summed E-state index contributed by atoms with van der Waals surface area (Å²) >= 11 is 3.51. The molecule has 3 aromatic carbocycles. The zero-order chi connectivity index (χ0) is 22.1. The number of ether oxygens (including phenoxy) is 2. The van der Waals surface area contributed by atoms with Gasteiger partial charge in [0.15, 0.2) is 0 Å². The van der Waals surface area contributed by atoms with Crippen molar-refractivity contribution in [1.29, 1.82) is 5.26 Å². The van der Waals surface area contributed by atoms with Crippen molar-refractivity contribution in [2.24, 2.45) is 0 Å². The van der Waals surface area contributed by atoms with E-state index in [4.69, 9.17) is 9.47 Å². The van der Waals surface area contributed by atoms with Crippen LogP contribution in [0.25, 0.3) is 6.08 Å². The molecule has 1 amide bonds. The average Bonchev–Trinajstić information content (AvgIpc) is 2.79. The van der Waals surface area contributed by atoms with Gasteiger partial charge in [0.1, 0.15) is 29.7 Å². The summed E-state index contributed by atoms with van der Waals surface area (Å²) in [5.41, 5.74) is 2.20. The van der Waals surface area contributed by atoms with Crippen LogP contribution in [0.1, 0.15) is 18.1 Å². The van der Waals surface area contributed by atoms with Gasteiger partial charge in [0, 0.05) is 21.3 Å². The van der Waals surface area contributed by atoms with Gasteiger partial charge in [0.2, 0.25) is 0 Å². The second-order valence-electron chi connectivity index (χ2n) is 6.50. The van der Waals surface area contributed by atoms with E-state index in [1.807, 2.05) is 55.5 Å². The lowest BCUT2D eigenvalue weighted by Crippen LogP contribution is -2.13. The zero-order valence-electron chi connectivity index (χ0n) is 17.0. The van der Waals surface area contributed by atoms with Gasteiger partial charge in [-0.15, -0.1) is 0 Å². The number of amides is 1. The van der Waals surface area contributed by atoms with Crippen LogP contribution in [0.4, 0.5) is 5.69 Å². The summed E-state index contributed by atoms with van der Waals surface area (Å²) in [5, 5.41) is 12.3. The number of rotatable bonds is 8. The highest BCUT2D eigenvalue weighted by Crippen LogP contribution is 2.24. The van der Waals surface area contributed by atoms with E-state index in [9.17, 15) is 10.1 Å². The molecule has 0 saturated heterocycles. The summed E-state index contributed by atoms with van der Waals surface area (Å²) in [6, 6.07) is 24.0. The largest absolute Gasteiger partial charge is 0.494 e. The van der Waals surface area contributed by atoms with E-state index in [2.05, 4.69) is 21.2 Å². The van der Waals surface area contributed by atoms with Crippen molar-refractivity contribution in [3.05, 3.63) is 94.0 Å². The molecule has 0 aliphatic rings. The maximum atomic E-state index is 12.6. The number of benzene rings is 3. The summed E-state index contributed by atoms with van der Waals surface area (Å²) in [7, 11) is 0. The molecule has 0 fully saturated rings. The Morgan fingerprint density at radius 3 is 2.45 bits per heavy atom. The SMILES string of the molecule is CCOc1ccc(NC(=O)/C(C#N)=C/c2ccccc2OCc2ccccc2Br)cc1. The third-order valence-corrected chi connectivity index (χ3v) is 5.12. The Morgan fingerprint density at radius 2 is 1.74 bits per heavy atom. The molecule has 3 aromatic rings. The van der Waals surface area contributed by atoms with E-state index >= 15 is 0 Å². The van der Waals surface area contributed by atoms with Crippen LogP contribution in [0.15, 0.2) is 82.8 Å². The van der Waals surface area contributed by atoms with Gasteiger partial charge in [-0.25, -0.2) is 0 Å². The second kappa shape index (κ2) is 11.0. The van der Waals surface area contributed by atoms with Crippen molar-refractivity contribution in [3.8, 4) is 17.6 Å². The van der Waals surface area contributed by atoms with E-state index in [-0.39, 0.29) is 5.57 Å². The molecular weight excluding hydrogens is 456 g/mol. The van der Waals surface area contributed by atoms with Gasteiger partial charge in [0.25, 0.3) is 5.91 Å². The van der Waals surface area contributed by atoms with Crippen molar-refractivity contribution in [2.45, 2.75) is 13.5 Å². The summed E-state index contributed by atoms with van der Waals surface area (Å²) in [5.74, 6) is 0.805. The number of para-hydroxylation sites is 1. The Balaban J connectivity index is 1.75. The van der Waals surface area contributed by atoms with Crippen LogP contribution in [0, 0.1) is 11.3 Å². The standard InChI is InChI=1S/C25H21BrN2O3/c1-2-30-22-13-11-21(12-14-22)28-25(29)20(16-27)15-18-7-4-6-10-24(18)31-17-19-8-3-5-9-23(19)26/h3-15H,2,17H2,1H3,(H,28,29)/b20-15+. The number of hydrogen-bond acceptors (Lipinski definition) is 4. The fraction of sp³-hybridized carbons (Fsp3) is 0.120. The minimum Gasteiger partial charge on any atom is -0.494 e. The zero-order valence-corrected chi connectivity index (χ0v) is 18.6. The van der Waals surface area contributed by atoms with Crippen molar-refractivity contribution in [2.75, 3.05) is 11.9 Å². The van der Waals surface area contributed by atoms with Crippen LogP contribution in [0.5, 0.6) is 11.5 Å². The molecule has 31 heavy (non-hydrogen) atoms. The third-order valence-electron chi connectivity index (χ3n) is 4.35. The number of nitriles is 1. The third kappa shape index (κ3) is 6.21. The number of carbonyl (C=O) groups is 1. The molecule has 3 rings (SSSR count). The van der Waals surface area contributed by atoms with Gasteiger partial charge in [-0.3, -0.25) is 4.79 Å². The molecule has 0 radical (unpaired) electrons. The van der Waals surface area contributed by atoms with E-state index in [1.165, 1.54) is 6.08 Å². The maximum Gasteiger partial charge on any atom is 0.266 e. The van der Waals surface area contributed by atoms with Gasteiger partial charge in [-0.05, 0) is 49.4 Å². The van der Waals surface area contributed by atoms with Crippen LogP contribution in [0.2, 0.25) is 0 Å².